The third-order valence-corrected chi connectivity index (χ3v) is 5.76. The molecule has 0 spiro atoms. The highest BCUT2D eigenvalue weighted by molar-refractivity contribution is 7.13. The molecule has 0 saturated heterocycles. The Labute approximate surface area is 172 Å². The van der Waals surface area contributed by atoms with E-state index in [1.807, 2.05) is 66.0 Å². The van der Waals surface area contributed by atoms with Crippen molar-refractivity contribution < 1.29 is 4.79 Å². The molecule has 0 aliphatic rings. The first-order chi connectivity index (χ1) is 14.1. The molecule has 29 heavy (non-hydrogen) atoms. The van der Waals surface area contributed by atoms with E-state index in [9.17, 15) is 9.59 Å². The van der Waals surface area contributed by atoms with Gasteiger partial charge in [0.1, 0.15) is 11.7 Å². The van der Waals surface area contributed by atoms with E-state index in [4.69, 9.17) is 0 Å². The average molecular weight is 404 g/mol. The highest BCUT2D eigenvalue weighted by Gasteiger charge is 2.21. The highest BCUT2D eigenvalue weighted by atomic mass is 32.1. The number of rotatable bonds is 6. The van der Waals surface area contributed by atoms with Crippen LogP contribution >= 0.6 is 11.3 Å². The van der Waals surface area contributed by atoms with Gasteiger partial charge in [0.25, 0.3) is 5.56 Å². The van der Waals surface area contributed by atoms with Crippen LogP contribution in [0.15, 0.2) is 76.9 Å². The topological polar surface area (TPSA) is 64.0 Å². The summed E-state index contributed by atoms with van der Waals surface area (Å²) >= 11 is 1.56. The van der Waals surface area contributed by atoms with Gasteiger partial charge in [0.05, 0.1) is 10.3 Å². The van der Waals surface area contributed by atoms with E-state index in [0.717, 1.165) is 27.9 Å². The lowest BCUT2D eigenvalue weighted by molar-refractivity contribution is -0.124. The second-order valence-electron chi connectivity index (χ2n) is 6.82. The maximum Gasteiger partial charge on any atom is 0.275 e. The minimum atomic E-state index is -0.707. The summed E-state index contributed by atoms with van der Waals surface area (Å²) in [6.45, 7) is 2.21. The summed E-state index contributed by atoms with van der Waals surface area (Å²) in [7, 11) is 0. The molecule has 0 bridgehead atoms. The quantitative estimate of drug-likeness (QED) is 0.528. The first kappa shape index (κ1) is 19.1. The van der Waals surface area contributed by atoms with Gasteiger partial charge in [-0.15, -0.1) is 11.3 Å². The van der Waals surface area contributed by atoms with Gasteiger partial charge in [0.2, 0.25) is 5.91 Å². The number of amides is 1. The third-order valence-electron chi connectivity index (χ3n) is 4.89. The van der Waals surface area contributed by atoms with Crippen LogP contribution in [0, 0.1) is 0 Å². The molecule has 6 heteroatoms. The molecule has 2 aromatic heterocycles. The Morgan fingerprint density at radius 1 is 1.03 bits per heavy atom. The predicted molar refractivity (Wildman–Crippen MR) is 117 cm³/mol. The summed E-state index contributed by atoms with van der Waals surface area (Å²) in [6.07, 6.45) is 0.736. The summed E-state index contributed by atoms with van der Waals surface area (Å²) in [5.41, 5.74) is 1.62. The zero-order valence-corrected chi connectivity index (χ0v) is 16.9. The highest BCUT2D eigenvalue weighted by Crippen LogP contribution is 2.28. The van der Waals surface area contributed by atoms with E-state index in [2.05, 4.69) is 10.4 Å². The second kappa shape index (κ2) is 8.41. The smallest absolute Gasteiger partial charge is 0.275 e. The third kappa shape index (κ3) is 3.98. The van der Waals surface area contributed by atoms with Crippen LogP contribution in [0.4, 0.5) is 0 Å². The van der Waals surface area contributed by atoms with Crippen molar-refractivity contribution >= 4 is 28.0 Å². The molecule has 2 heterocycles. The molecule has 4 rings (SSSR count). The summed E-state index contributed by atoms with van der Waals surface area (Å²) < 4.78 is 1.30. The molecule has 0 radical (unpaired) electrons. The van der Waals surface area contributed by atoms with E-state index < -0.39 is 6.04 Å². The largest absolute Gasteiger partial charge is 0.354 e. The monoisotopic (exact) mass is 403 g/mol. The zero-order chi connectivity index (χ0) is 20.2. The van der Waals surface area contributed by atoms with Gasteiger partial charge >= 0.3 is 0 Å². The van der Waals surface area contributed by atoms with E-state index in [1.54, 1.807) is 24.3 Å². The van der Waals surface area contributed by atoms with Gasteiger partial charge in [-0.25, -0.2) is 4.68 Å². The summed E-state index contributed by atoms with van der Waals surface area (Å²) in [4.78, 5) is 26.7. The van der Waals surface area contributed by atoms with Crippen molar-refractivity contribution in [2.45, 2.75) is 19.4 Å². The maximum atomic E-state index is 13.0. The van der Waals surface area contributed by atoms with Gasteiger partial charge in [-0.3, -0.25) is 9.59 Å². The fourth-order valence-corrected chi connectivity index (χ4v) is 4.02. The minimum Gasteiger partial charge on any atom is -0.354 e. The van der Waals surface area contributed by atoms with Gasteiger partial charge in [0, 0.05) is 11.9 Å². The molecule has 1 N–H and O–H groups in total. The number of thiophene rings is 1. The Kier molecular flexibility index (Phi) is 5.53. The SMILES string of the molecule is C[C@H](C(=O)NCCc1ccccc1)n1nc(-c2cccs2)c2ccccc2c1=O. The number of nitrogens with zero attached hydrogens (tertiary/aromatic N) is 2. The van der Waals surface area contributed by atoms with Crippen LogP contribution in [0.25, 0.3) is 21.3 Å². The number of nitrogens with one attached hydrogen (secondary N) is 1. The second-order valence-corrected chi connectivity index (χ2v) is 7.77. The van der Waals surface area contributed by atoms with Gasteiger partial charge in [-0.1, -0.05) is 54.6 Å². The van der Waals surface area contributed by atoms with Crippen LogP contribution in [0.3, 0.4) is 0 Å². The molecular weight excluding hydrogens is 382 g/mol. The normalized spacial score (nSPS) is 12.0. The summed E-state index contributed by atoms with van der Waals surface area (Å²) in [5, 5.41) is 10.8. The molecule has 0 aliphatic heterocycles. The number of benzene rings is 2. The predicted octanol–water partition coefficient (Wildman–Crippen LogP) is 4.04. The number of hydrogen-bond donors (Lipinski definition) is 1. The average Bonchev–Trinajstić information content (AvgIpc) is 3.29. The minimum absolute atomic E-state index is 0.219. The van der Waals surface area contributed by atoms with Crippen molar-refractivity contribution in [3.63, 3.8) is 0 Å². The Morgan fingerprint density at radius 3 is 2.48 bits per heavy atom. The van der Waals surface area contributed by atoms with Gasteiger partial charge < -0.3 is 5.32 Å². The van der Waals surface area contributed by atoms with Crippen LogP contribution in [0.2, 0.25) is 0 Å². The molecule has 4 aromatic rings. The van der Waals surface area contributed by atoms with Crippen molar-refractivity contribution in [2.24, 2.45) is 0 Å². The molecular formula is C23H21N3O2S. The molecule has 0 fully saturated rings. The van der Waals surface area contributed by atoms with E-state index in [1.165, 1.54) is 4.68 Å². The maximum absolute atomic E-state index is 13.0. The number of fused-ring (bicyclic) bond motifs is 1. The zero-order valence-electron chi connectivity index (χ0n) is 16.0. The van der Waals surface area contributed by atoms with E-state index in [-0.39, 0.29) is 11.5 Å². The van der Waals surface area contributed by atoms with E-state index >= 15 is 0 Å². The Hall–Kier alpha value is -3.25. The van der Waals surface area contributed by atoms with Crippen molar-refractivity contribution in [3.05, 3.63) is 88.0 Å². The molecule has 0 unspecified atom stereocenters. The first-order valence-electron chi connectivity index (χ1n) is 9.52. The Balaban J connectivity index is 1.62. The lowest BCUT2D eigenvalue weighted by Gasteiger charge is -2.16. The van der Waals surface area contributed by atoms with Crippen LogP contribution in [0.5, 0.6) is 0 Å². The van der Waals surface area contributed by atoms with Crippen molar-refractivity contribution in [3.8, 4) is 10.6 Å². The van der Waals surface area contributed by atoms with Gasteiger partial charge in [-0.05, 0) is 36.4 Å². The molecule has 2 aromatic carbocycles. The lowest BCUT2D eigenvalue weighted by Crippen LogP contribution is -2.38. The molecule has 5 nitrogen and oxygen atoms in total. The summed E-state index contributed by atoms with van der Waals surface area (Å²) in [5.74, 6) is -0.219. The Morgan fingerprint density at radius 2 is 1.76 bits per heavy atom. The lowest BCUT2D eigenvalue weighted by atomic mass is 10.1. The molecule has 146 valence electrons. The van der Waals surface area contributed by atoms with Crippen molar-refractivity contribution in [1.82, 2.24) is 15.1 Å². The fourth-order valence-electron chi connectivity index (χ4n) is 3.30. The standard InChI is InChI=1S/C23H21N3O2S/c1-16(22(27)24-14-13-17-8-3-2-4-9-17)26-23(28)19-11-6-5-10-18(19)21(25-26)20-12-7-15-29-20/h2-12,15-16H,13-14H2,1H3,(H,24,27)/t16-/m1/s1. The number of carbonyl (C=O) groups is 1. The van der Waals surface area contributed by atoms with Crippen LogP contribution in [0.1, 0.15) is 18.5 Å². The molecule has 1 atom stereocenters. The van der Waals surface area contributed by atoms with Crippen molar-refractivity contribution in [1.29, 1.82) is 0 Å². The van der Waals surface area contributed by atoms with Crippen molar-refractivity contribution in [2.75, 3.05) is 6.54 Å². The van der Waals surface area contributed by atoms with Gasteiger partial charge in [-0.2, -0.15) is 5.10 Å². The molecule has 0 aliphatic carbocycles. The first-order valence-corrected chi connectivity index (χ1v) is 10.4. The van der Waals surface area contributed by atoms with Crippen LogP contribution in [-0.4, -0.2) is 22.2 Å². The van der Waals surface area contributed by atoms with Crippen LogP contribution < -0.4 is 10.9 Å². The van der Waals surface area contributed by atoms with Gasteiger partial charge in [0.15, 0.2) is 0 Å². The Bertz CT molecular complexity index is 1180. The fraction of sp³-hybridized carbons (Fsp3) is 0.174. The molecule has 1 amide bonds. The number of hydrogen-bond acceptors (Lipinski definition) is 4. The number of aromatic nitrogens is 2. The number of carbonyl (C=O) groups excluding carboxylic acids is 1. The van der Waals surface area contributed by atoms with Crippen LogP contribution in [-0.2, 0) is 11.2 Å². The summed E-state index contributed by atoms with van der Waals surface area (Å²) in [6, 6.07) is 20.6. The molecule has 0 saturated carbocycles. The van der Waals surface area contributed by atoms with E-state index in [0.29, 0.717) is 11.9 Å².